The van der Waals surface area contributed by atoms with Crippen LogP contribution in [0.15, 0.2) is 194 Å². The van der Waals surface area contributed by atoms with Crippen LogP contribution in [0.4, 0.5) is 22.7 Å². The number of hydrogen-bond acceptors (Lipinski definition) is 2. The second kappa shape index (κ2) is 16.8. The second-order valence-corrected chi connectivity index (χ2v) is 11.3. The monoisotopic (exact) mass is 618 g/mol. The van der Waals surface area contributed by atoms with Gasteiger partial charge in [0.05, 0.1) is 0 Å². The molecular weight excluding hydrogens is 581 g/mol. The van der Waals surface area contributed by atoms with Crippen LogP contribution in [0.3, 0.4) is 0 Å². The molecule has 48 heavy (non-hydrogen) atoms. The third-order valence-electron chi connectivity index (χ3n) is 7.70. The van der Waals surface area contributed by atoms with Gasteiger partial charge in [-0.2, -0.15) is 0 Å². The average Bonchev–Trinajstić information content (AvgIpc) is 3.16. The maximum absolute atomic E-state index is 3.37. The molecule has 0 spiro atoms. The van der Waals surface area contributed by atoms with Gasteiger partial charge in [-0.25, -0.2) is 0 Å². The summed E-state index contributed by atoms with van der Waals surface area (Å²) in [5.74, 6) is 0. The van der Waals surface area contributed by atoms with Crippen LogP contribution in [0.2, 0.25) is 0 Å². The SMILES string of the molecule is C(=Cc1ccc(-c2ccc(C=Cc3ccccc3)cc2)cc1)c1ccccc1.c1ccc(Nc2ccc(Nc3ccccc3)cc2)cc1. The predicted octanol–water partition coefficient (Wildman–Crippen LogP) is 12.9. The number of rotatable bonds is 9. The Kier molecular flexibility index (Phi) is 11.1. The van der Waals surface area contributed by atoms with Gasteiger partial charge in [-0.3, -0.25) is 0 Å². The number of benzene rings is 7. The number of para-hydroxylation sites is 2. The molecule has 0 saturated carbocycles. The van der Waals surface area contributed by atoms with E-state index in [-0.39, 0.29) is 0 Å². The predicted molar refractivity (Wildman–Crippen MR) is 209 cm³/mol. The largest absolute Gasteiger partial charge is 0.356 e. The summed E-state index contributed by atoms with van der Waals surface area (Å²) >= 11 is 0. The Morgan fingerprint density at radius 2 is 0.479 bits per heavy atom. The summed E-state index contributed by atoms with van der Waals surface area (Å²) in [6.45, 7) is 0. The molecule has 2 nitrogen and oxygen atoms in total. The fraction of sp³-hybridized carbons (Fsp3) is 0. The summed E-state index contributed by atoms with van der Waals surface area (Å²) in [5, 5.41) is 6.73. The molecule has 0 aliphatic carbocycles. The number of hydrogen-bond donors (Lipinski definition) is 2. The molecule has 7 rings (SSSR count). The van der Waals surface area contributed by atoms with Crippen molar-refractivity contribution in [2.24, 2.45) is 0 Å². The van der Waals surface area contributed by atoms with E-state index in [4.69, 9.17) is 0 Å². The summed E-state index contributed by atoms with van der Waals surface area (Å²) in [6.07, 6.45) is 8.58. The molecule has 0 amide bonds. The van der Waals surface area contributed by atoms with Crippen molar-refractivity contribution in [3.63, 3.8) is 0 Å². The Morgan fingerprint density at radius 1 is 0.229 bits per heavy atom. The summed E-state index contributed by atoms with van der Waals surface area (Å²) in [4.78, 5) is 0. The first-order chi connectivity index (χ1) is 23.8. The lowest BCUT2D eigenvalue weighted by molar-refractivity contribution is 1.52. The molecule has 7 aromatic carbocycles. The Hall–Kier alpha value is -6.38. The van der Waals surface area contributed by atoms with Crippen LogP contribution >= 0.6 is 0 Å². The van der Waals surface area contributed by atoms with Gasteiger partial charge in [0.2, 0.25) is 0 Å². The molecule has 0 heterocycles. The van der Waals surface area contributed by atoms with Crippen molar-refractivity contribution in [2.45, 2.75) is 0 Å². The molecule has 0 radical (unpaired) electrons. The maximum atomic E-state index is 3.37. The first kappa shape index (κ1) is 31.6. The van der Waals surface area contributed by atoms with E-state index < -0.39 is 0 Å². The fourth-order valence-electron chi connectivity index (χ4n) is 5.10. The highest BCUT2D eigenvalue weighted by Gasteiger charge is 1.99. The van der Waals surface area contributed by atoms with Gasteiger partial charge in [0.15, 0.2) is 0 Å². The molecule has 0 saturated heterocycles. The van der Waals surface area contributed by atoms with Crippen LogP contribution in [0.5, 0.6) is 0 Å². The minimum atomic E-state index is 1.08. The molecule has 2 N–H and O–H groups in total. The van der Waals surface area contributed by atoms with Crippen molar-refractivity contribution in [3.8, 4) is 11.1 Å². The van der Waals surface area contributed by atoms with Crippen LogP contribution in [-0.4, -0.2) is 0 Å². The van der Waals surface area contributed by atoms with Crippen LogP contribution < -0.4 is 10.6 Å². The van der Waals surface area contributed by atoms with Gasteiger partial charge >= 0.3 is 0 Å². The minimum Gasteiger partial charge on any atom is -0.356 e. The Labute approximate surface area is 284 Å². The third-order valence-corrected chi connectivity index (χ3v) is 7.70. The van der Waals surface area contributed by atoms with E-state index in [2.05, 4.69) is 181 Å². The molecule has 0 unspecified atom stereocenters. The van der Waals surface area contributed by atoms with E-state index in [1.807, 2.05) is 48.5 Å². The normalized spacial score (nSPS) is 10.8. The number of nitrogens with one attached hydrogen (secondary N) is 2. The molecule has 2 heteroatoms. The first-order valence-corrected chi connectivity index (χ1v) is 16.2. The average molecular weight is 619 g/mol. The molecule has 0 bridgehead atoms. The molecule has 0 aliphatic heterocycles. The van der Waals surface area contributed by atoms with Crippen LogP contribution in [0, 0.1) is 0 Å². The molecule has 0 aromatic heterocycles. The van der Waals surface area contributed by atoms with Gasteiger partial charge in [0, 0.05) is 22.7 Å². The van der Waals surface area contributed by atoms with E-state index in [1.54, 1.807) is 0 Å². The standard InChI is InChI=1S/C28H22.C18H16N2/c1-3-7-23(8-4-1)11-13-25-15-19-27(20-16-25)28-21-17-26(18-22-28)14-12-24-9-5-2-6-10-24;1-3-7-15(8-4-1)19-17-11-13-18(14-12-17)20-16-9-5-2-6-10-16/h1-22H;1-14,19-20H. The van der Waals surface area contributed by atoms with Crippen LogP contribution in [-0.2, 0) is 0 Å². The molecule has 0 aliphatic rings. The fourth-order valence-corrected chi connectivity index (χ4v) is 5.10. The quantitative estimate of drug-likeness (QED) is 0.157. The van der Waals surface area contributed by atoms with E-state index in [0.29, 0.717) is 0 Å². The smallest absolute Gasteiger partial charge is 0.0385 e. The lowest BCUT2D eigenvalue weighted by Gasteiger charge is -2.09. The van der Waals surface area contributed by atoms with E-state index >= 15 is 0 Å². The van der Waals surface area contributed by atoms with Crippen molar-refractivity contribution in [2.75, 3.05) is 10.6 Å². The van der Waals surface area contributed by atoms with Crippen molar-refractivity contribution >= 4 is 47.1 Å². The molecular formula is C46H38N2. The van der Waals surface area contributed by atoms with Crippen molar-refractivity contribution in [3.05, 3.63) is 216 Å². The summed E-state index contributed by atoms with van der Waals surface area (Å²) in [7, 11) is 0. The zero-order valence-electron chi connectivity index (χ0n) is 26.8. The molecule has 0 fully saturated rings. The lowest BCUT2D eigenvalue weighted by Crippen LogP contribution is -1.92. The Bertz CT molecular complexity index is 1850. The van der Waals surface area contributed by atoms with E-state index in [9.17, 15) is 0 Å². The second-order valence-electron chi connectivity index (χ2n) is 11.3. The van der Waals surface area contributed by atoms with Crippen molar-refractivity contribution in [1.82, 2.24) is 0 Å². The maximum Gasteiger partial charge on any atom is 0.0385 e. The van der Waals surface area contributed by atoms with Crippen molar-refractivity contribution in [1.29, 1.82) is 0 Å². The summed E-state index contributed by atoms with van der Waals surface area (Å²) < 4.78 is 0. The minimum absolute atomic E-state index is 1.08. The highest BCUT2D eigenvalue weighted by atomic mass is 14.9. The topological polar surface area (TPSA) is 24.1 Å². The van der Waals surface area contributed by atoms with Gasteiger partial charge in [-0.05, 0) is 81.9 Å². The van der Waals surface area contributed by atoms with E-state index in [0.717, 1.165) is 22.7 Å². The lowest BCUT2D eigenvalue weighted by atomic mass is 10.0. The van der Waals surface area contributed by atoms with Crippen LogP contribution in [0.1, 0.15) is 22.3 Å². The Balaban J connectivity index is 0.000000177. The van der Waals surface area contributed by atoms with Crippen molar-refractivity contribution < 1.29 is 0 Å². The highest BCUT2D eigenvalue weighted by Crippen LogP contribution is 2.23. The first-order valence-electron chi connectivity index (χ1n) is 16.2. The zero-order chi connectivity index (χ0) is 32.6. The summed E-state index contributed by atoms with van der Waals surface area (Å²) in [6, 6.07) is 66.7. The van der Waals surface area contributed by atoms with Gasteiger partial charge in [0.25, 0.3) is 0 Å². The van der Waals surface area contributed by atoms with E-state index in [1.165, 1.54) is 33.4 Å². The number of anilines is 4. The van der Waals surface area contributed by atoms with Crippen LogP contribution in [0.25, 0.3) is 35.4 Å². The third kappa shape index (κ3) is 9.81. The summed E-state index contributed by atoms with van der Waals surface area (Å²) in [5.41, 5.74) is 11.6. The highest BCUT2D eigenvalue weighted by molar-refractivity contribution is 5.74. The molecule has 232 valence electrons. The van der Waals surface area contributed by atoms with Gasteiger partial charge < -0.3 is 10.6 Å². The van der Waals surface area contributed by atoms with Gasteiger partial charge in [-0.15, -0.1) is 0 Å². The zero-order valence-corrected chi connectivity index (χ0v) is 26.8. The van der Waals surface area contributed by atoms with Gasteiger partial charge in [0.1, 0.15) is 0 Å². The molecule has 7 aromatic rings. The van der Waals surface area contributed by atoms with Gasteiger partial charge in [-0.1, -0.05) is 170 Å². The Morgan fingerprint density at radius 3 is 0.792 bits per heavy atom. The molecule has 0 atom stereocenters.